The van der Waals surface area contributed by atoms with Crippen LogP contribution >= 0.6 is 0 Å². The Bertz CT molecular complexity index is 128. The summed E-state index contributed by atoms with van der Waals surface area (Å²) in [6, 6.07) is 0.922. The lowest BCUT2D eigenvalue weighted by Gasteiger charge is -2.33. The summed E-state index contributed by atoms with van der Waals surface area (Å²) in [7, 11) is 1.74. The van der Waals surface area contributed by atoms with Gasteiger partial charge in [-0.15, -0.1) is 0 Å². The number of hydrogen-bond donors (Lipinski definition) is 0. The van der Waals surface area contributed by atoms with Gasteiger partial charge < -0.3 is 9.47 Å². The van der Waals surface area contributed by atoms with Crippen LogP contribution in [0.3, 0.4) is 0 Å². The maximum atomic E-state index is 5.46. The van der Waals surface area contributed by atoms with E-state index in [1.54, 1.807) is 7.11 Å². The molecule has 0 amide bonds. The summed E-state index contributed by atoms with van der Waals surface area (Å²) in [5.74, 6) is 0. The fraction of sp³-hybridized carbons (Fsp3) is 1.00. The van der Waals surface area contributed by atoms with E-state index in [-0.39, 0.29) is 0 Å². The smallest absolute Gasteiger partial charge is 0.0644 e. The zero-order valence-electron chi connectivity index (χ0n) is 10.2. The van der Waals surface area contributed by atoms with E-state index in [9.17, 15) is 0 Å². The second-order valence-electron chi connectivity index (χ2n) is 3.69. The van der Waals surface area contributed by atoms with Crippen LogP contribution in [-0.2, 0) is 9.47 Å². The first-order valence-electron chi connectivity index (χ1n) is 5.49. The normalized spacial score (nSPS) is 13.9. The van der Waals surface area contributed by atoms with Gasteiger partial charge in [0.15, 0.2) is 0 Å². The summed E-state index contributed by atoms with van der Waals surface area (Å²) < 4.78 is 10.7. The lowest BCUT2D eigenvalue weighted by Crippen LogP contribution is -2.45. The summed E-state index contributed by atoms with van der Waals surface area (Å²) in [4.78, 5) is 2.40. The zero-order valence-corrected chi connectivity index (χ0v) is 10.2. The summed E-state index contributed by atoms with van der Waals surface area (Å²) in [6.45, 7) is 11.9. The molecule has 0 heterocycles. The van der Waals surface area contributed by atoms with Crippen molar-refractivity contribution in [3.05, 3.63) is 0 Å². The highest BCUT2D eigenvalue weighted by molar-refractivity contribution is 4.73. The highest BCUT2D eigenvalue weighted by Gasteiger charge is 2.19. The van der Waals surface area contributed by atoms with E-state index in [0.29, 0.717) is 12.1 Å². The molecule has 0 fully saturated rings. The molecule has 3 nitrogen and oxygen atoms in total. The van der Waals surface area contributed by atoms with Crippen LogP contribution in [0, 0.1) is 0 Å². The summed E-state index contributed by atoms with van der Waals surface area (Å²) in [5.41, 5.74) is 0. The van der Waals surface area contributed by atoms with Crippen molar-refractivity contribution in [1.29, 1.82) is 0 Å². The molecule has 0 saturated heterocycles. The molecule has 0 aromatic heterocycles. The number of hydrogen-bond acceptors (Lipinski definition) is 3. The average Bonchev–Trinajstić information content (AvgIpc) is 2.14. The van der Waals surface area contributed by atoms with Crippen molar-refractivity contribution in [2.75, 3.05) is 33.5 Å². The largest absolute Gasteiger partial charge is 0.383 e. The Morgan fingerprint density at radius 1 is 1.14 bits per heavy atom. The third kappa shape index (κ3) is 4.94. The van der Waals surface area contributed by atoms with Gasteiger partial charge in [0.2, 0.25) is 0 Å². The molecule has 0 aliphatic rings. The fourth-order valence-corrected chi connectivity index (χ4v) is 1.73. The third-order valence-corrected chi connectivity index (χ3v) is 2.37. The molecule has 3 heteroatoms. The molecule has 0 rings (SSSR count). The summed E-state index contributed by atoms with van der Waals surface area (Å²) >= 11 is 0. The zero-order chi connectivity index (χ0) is 11.0. The first kappa shape index (κ1) is 13.9. The van der Waals surface area contributed by atoms with Crippen LogP contribution in [0.1, 0.15) is 27.7 Å². The molecular formula is C11H25NO2. The highest BCUT2D eigenvalue weighted by atomic mass is 16.5. The molecule has 0 N–H and O–H groups in total. The molecule has 0 aliphatic carbocycles. The predicted octanol–water partition coefficient (Wildman–Crippen LogP) is 1.77. The van der Waals surface area contributed by atoms with Crippen LogP contribution in [0.15, 0.2) is 0 Å². The maximum Gasteiger partial charge on any atom is 0.0644 e. The van der Waals surface area contributed by atoms with Crippen molar-refractivity contribution >= 4 is 0 Å². The molecule has 0 spiro atoms. The molecule has 1 unspecified atom stereocenters. The minimum absolute atomic E-state index is 0.380. The second-order valence-corrected chi connectivity index (χ2v) is 3.69. The minimum Gasteiger partial charge on any atom is -0.383 e. The van der Waals surface area contributed by atoms with Crippen LogP contribution in [0.2, 0.25) is 0 Å². The molecular weight excluding hydrogens is 178 g/mol. The van der Waals surface area contributed by atoms with Crippen molar-refractivity contribution < 1.29 is 9.47 Å². The van der Waals surface area contributed by atoms with E-state index in [4.69, 9.17) is 9.47 Å². The summed E-state index contributed by atoms with van der Waals surface area (Å²) in [6.07, 6.45) is 0. The monoisotopic (exact) mass is 203 g/mol. The van der Waals surface area contributed by atoms with E-state index in [1.807, 2.05) is 6.92 Å². The van der Waals surface area contributed by atoms with Gasteiger partial charge in [0.25, 0.3) is 0 Å². The molecule has 1 atom stereocenters. The Labute approximate surface area is 88.4 Å². The van der Waals surface area contributed by atoms with E-state index in [0.717, 1.165) is 26.4 Å². The number of likely N-dealkylation sites (N-methyl/N-ethyl adjacent to an activating group) is 1. The second kappa shape index (κ2) is 8.21. The van der Waals surface area contributed by atoms with Gasteiger partial charge >= 0.3 is 0 Å². The SMILES string of the molecule is CCOCC(COC)N(CC)C(C)C. The van der Waals surface area contributed by atoms with E-state index < -0.39 is 0 Å². The van der Waals surface area contributed by atoms with Crippen LogP contribution in [0.5, 0.6) is 0 Å². The molecule has 14 heavy (non-hydrogen) atoms. The Morgan fingerprint density at radius 2 is 1.79 bits per heavy atom. The molecule has 0 bridgehead atoms. The fourth-order valence-electron chi connectivity index (χ4n) is 1.73. The number of nitrogens with zero attached hydrogens (tertiary/aromatic N) is 1. The minimum atomic E-state index is 0.380. The van der Waals surface area contributed by atoms with Gasteiger partial charge in [-0.2, -0.15) is 0 Å². The van der Waals surface area contributed by atoms with Crippen molar-refractivity contribution in [2.24, 2.45) is 0 Å². The lowest BCUT2D eigenvalue weighted by molar-refractivity contribution is 0.0114. The van der Waals surface area contributed by atoms with Gasteiger partial charge in [-0.1, -0.05) is 6.92 Å². The van der Waals surface area contributed by atoms with E-state index in [2.05, 4.69) is 25.7 Å². The molecule has 0 aromatic carbocycles. The number of ether oxygens (including phenoxy) is 2. The topological polar surface area (TPSA) is 21.7 Å². The van der Waals surface area contributed by atoms with E-state index >= 15 is 0 Å². The quantitative estimate of drug-likeness (QED) is 0.600. The van der Waals surface area contributed by atoms with Gasteiger partial charge in [-0.3, -0.25) is 4.90 Å². The Balaban J connectivity index is 4.12. The molecule has 0 aliphatic heterocycles. The van der Waals surface area contributed by atoms with Crippen LogP contribution in [-0.4, -0.2) is 50.5 Å². The van der Waals surface area contributed by atoms with Gasteiger partial charge in [-0.05, 0) is 27.3 Å². The van der Waals surface area contributed by atoms with Gasteiger partial charge in [0.1, 0.15) is 0 Å². The van der Waals surface area contributed by atoms with E-state index in [1.165, 1.54) is 0 Å². The van der Waals surface area contributed by atoms with Gasteiger partial charge in [-0.25, -0.2) is 0 Å². The average molecular weight is 203 g/mol. The van der Waals surface area contributed by atoms with Gasteiger partial charge in [0.05, 0.1) is 19.3 Å². The van der Waals surface area contributed by atoms with Crippen molar-refractivity contribution in [3.8, 4) is 0 Å². The Hall–Kier alpha value is -0.120. The van der Waals surface area contributed by atoms with Crippen LogP contribution in [0.25, 0.3) is 0 Å². The van der Waals surface area contributed by atoms with Gasteiger partial charge in [0, 0.05) is 19.8 Å². The first-order chi connectivity index (χ1) is 6.67. The molecule has 0 radical (unpaired) electrons. The number of rotatable bonds is 8. The predicted molar refractivity (Wildman–Crippen MR) is 59.7 cm³/mol. The van der Waals surface area contributed by atoms with Crippen LogP contribution in [0.4, 0.5) is 0 Å². The van der Waals surface area contributed by atoms with Crippen molar-refractivity contribution in [1.82, 2.24) is 4.90 Å². The molecule has 0 aromatic rings. The summed E-state index contributed by atoms with van der Waals surface area (Å²) in [5, 5.41) is 0. The van der Waals surface area contributed by atoms with Crippen LogP contribution < -0.4 is 0 Å². The molecule has 0 saturated carbocycles. The lowest BCUT2D eigenvalue weighted by atomic mass is 10.2. The Morgan fingerprint density at radius 3 is 2.14 bits per heavy atom. The standard InChI is InChI=1S/C11H25NO2/c1-6-12(10(3)4)11(8-13-5)9-14-7-2/h10-11H,6-9H2,1-5H3. The third-order valence-electron chi connectivity index (χ3n) is 2.37. The van der Waals surface area contributed by atoms with Crippen molar-refractivity contribution in [2.45, 2.75) is 39.8 Å². The first-order valence-corrected chi connectivity index (χ1v) is 5.49. The van der Waals surface area contributed by atoms with Crippen molar-refractivity contribution in [3.63, 3.8) is 0 Å². The number of methoxy groups -OCH3 is 1. The Kier molecular flexibility index (Phi) is 8.14. The maximum absolute atomic E-state index is 5.46. The molecule has 86 valence electrons. The highest BCUT2D eigenvalue weighted by Crippen LogP contribution is 2.06.